The van der Waals surface area contributed by atoms with E-state index < -0.39 is 11.9 Å². The fraction of sp³-hybridized carbons (Fsp3) is 0.333. The largest absolute Gasteiger partial charge is 0.481 e. The minimum Gasteiger partial charge on any atom is -0.481 e. The van der Waals surface area contributed by atoms with E-state index in [1.807, 2.05) is 6.07 Å². The monoisotopic (exact) mass is 253 g/mol. The second kappa shape index (κ2) is 4.75. The van der Waals surface area contributed by atoms with Gasteiger partial charge in [-0.1, -0.05) is 23.7 Å². The number of hydrogen-bond acceptors (Lipinski definition) is 2. The van der Waals surface area contributed by atoms with Crippen LogP contribution < -0.4 is 5.32 Å². The molecule has 0 unspecified atom stereocenters. The lowest BCUT2D eigenvalue weighted by atomic mass is 10.2. The number of hydrogen-bond donors (Lipinski definition) is 2. The molecular formula is C12H12ClNO3. The van der Waals surface area contributed by atoms with Gasteiger partial charge in [0.05, 0.1) is 11.8 Å². The average Bonchev–Trinajstić information content (AvgIpc) is 3.06. The van der Waals surface area contributed by atoms with E-state index in [4.69, 9.17) is 16.7 Å². The van der Waals surface area contributed by atoms with Crippen LogP contribution >= 0.6 is 11.6 Å². The van der Waals surface area contributed by atoms with Crippen molar-refractivity contribution in [1.82, 2.24) is 5.32 Å². The molecule has 17 heavy (non-hydrogen) atoms. The Balaban J connectivity index is 1.83. The van der Waals surface area contributed by atoms with Crippen LogP contribution in [0.3, 0.4) is 0 Å². The highest BCUT2D eigenvalue weighted by Crippen LogP contribution is 2.38. The molecular weight excluding hydrogens is 242 g/mol. The molecule has 0 bridgehead atoms. The van der Waals surface area contributed by atoms with E-state index >= 15 is 0 Å². The third kappa shape index (κ3) is 2.97. The SMILES string of the molecule is O=C(O)[C@H]1C[C@H]1C(=O)NCc1cccc(Cl)c1. The molecule has 1 aromatic rings. The Kier molecular flexibility index (Phi) is 3.33. The normalized spacial score (nSPS) is 21.9. The predicted octanol–water partition coefficient (Wildman–Crippen LogP) is 1.68. The first-order valence-corrected chi connectivity index (χ1v) is 5.70. The highest BCUT2D eigenvalue weighted by molar-refractivity contribution is 6.30. The highest BCUT2D eigenvalue weighted by atomic mass is 35.5. The van der Waals surface area contributed by atoms with Gasteiger partial charge in [-0.2, -0.15) is 0 Å². The van der Waals surface area contributed by atoms with E-state index in [1.165, 1.54) is 0 Å². The summed E-state index contributed by atoms with van der Waals surface area (Å²) in [4.78, 5) is 22.2. The third-order valence-corrected chi connectivity index (χ3v) is 3.04. The molecule has 0 aromatic heterocycles. The first-order valence-electron chi connectivity index (χ1n) is 5.33. The van der Waals surface area contributed by atoms with E-state index in [2.05, 4.69) is 5.32 Å². The summed E-state index contributed by atoms with van der Waals surface area (Å²) in [6, 6.07) is 7.19. The van der Waals surface area contributed by atoms with Crippen LogP contribution in [-0.4, -0.2) is 17.0 Å². The second-order valence-electron chi connectivity index (χ2n) is 4.13. The number of carboxylic acids is 1. The average molecular weight is 254 g/mol. The number of amides is 1. The lowest BCUT2D eigenvalue weighted by molar-refractivity contribution is -0.140. The van der Waals surface area contributed by atoms with Crippen LogP contribution in [0.2, 0.25) is 5.02 Å². The van der Waals surface area contributed by atoms with Crippen molar-refractivity contribution in [3.05, 3.63) is 34.9 Å². The molecule has 1 aliphatic carbocycles. The Morgan fingerprint density at radius 3 is 2.76 bits per heavy atom. The van der Waals surface area contributed by atoms with Crippen molar-refractivity contribution >= 4 is 23.5 Å². The summed E-state index contributed by atoms with van der Waals surface area (Å²) in [5.74, 6) is -1.97. The maximum atomic E-state index is 11.6. The summed E-state index contributed by atoms with van der Waals surface area (Å²) in [7, 11) is 0. The molecule has 0 aliphatic heterocycles. The molecule has 0 heterocycles. The second-order valence-corrected chi connectivity index (χ2v) is 4.57. The Morgan fingerprint density at radius 1 is 1.41 bits per heavy atom. The molecule has 1 aromatic carbocycles. The molecule has 1 saturated carbocycles. The Bertz CT molecular complexity index is 461. The fourth-order valence-electron chi connectivity index (χ4n) is 1.72. The zero-order chi connectivity index (χ0) is 12.4. The van der Waals surface area contributed by atoms with Crippen molar-refractivity contribution in [2.75, 3.05) is 0 Å². The number of nitrogens with one attached hydrogen (secondary N) is 1. The summed E-state index contributed by atoms with van der Waals surface area (Å²) < 4.78 is 0. The maximum Gasteiger partial charge on any atom is 0.307 e. The Morgan fingerprint density at radius 2 is 2.18 bits per heavy atom. The molecule has 1 amide bonds. The van der Waals surface area contributed by atoms with Crippen LogP contribution in [0, 0.1) is 11.8 Å². The van der Waals surface area contributed by atoms with Gasteiger partial charge < -0.3 is 10.4 Å². The number of aliphatic carboxylic acids is 1. The summed E-state index contributed by atoms with van der Waals surface area (Å²) in [5.41, 5.74) is 0.901. The zero-order valence-electron chi connectivity index (χ0n) is 9.02. The van der Waals surface area contributed by atoms with Gasteiger partial charge in [0.15, 0.2) is 0 Å². The molecule has 1 fully saturated rings. The van der Waals surface area contributed by atoms with Gasteiger partial charge in [0.25, 0.3) is 0 Å². The summed E-state index contributed by atoms with van der Waals surface area (Å²) in [5, 5.41) is 12.0. The number of carbonyl (C=O) groups is 2. The van der Waals surface area contributed by atoms with Crippen LogP contribution in [-0.2, 0) is 16.1 Å². The van der Waals surface area contributed by atoms with E-state index in [-0.39, 0.29) is 11.8 Å². The molecule has 90 valence electrons. The van der Waals surface area contributed by atoms with Gasteiger partial charge in [0.2, 0.25) is 5.91 Å². The van der Waals surface area contributed by atoms with Gasteiger partial charge in [-0.25, -0.2) is 0 Å². The first-order chi connectivity index (χ1) is 8.08. The summed E-state index contributed by atoms with van der Waals surface area (Å²) in [6.45, 7) is 0.377. The molecule has 0 radical (unpaired) electrons. The van der Waals surface area contributed by atoms with Gasteiger partial charge >= 0.3 is 5.97 Å². The molecule has 2 atom stereocenters. The minimum absolute atomic E-state index is 0.197. The van der Waals surface area contributed by atoms with Crippen LogP contribution in [0.5, 0.6) is 0 Å². The standard InChI is InChI=1S/C12H12ClNO3/c13-8-3-1-2-7(4-8)6-14-11(15)9-5-10(9)12(16)17/h1-4,9-10H,5-6H2,(H,14,15)(H,16,17)/t9-,10+/m1/s1. The predicted molar refractivity (Wildman–Crippen MR) is 62.5 cm³/mol. The molecule has 2 N–H and O–H groups in total. The summed E-state index contributed by atoms with van der Waals surface area (Å²) in [6.07, 6.45) is 0.441. The maximum absolute atomic E-state index is 11.6. The fourth-order valence-corrected chi connectivity index (χ4v) is 1.94. The number of benzene rings is 1. The number of halogens is 1. The third-order valence-electron chi connectivity index (χ3n) is 2.80. The van der Waals surface area contributed by atoms with E-state index in [1.54, 1.807) is 18.2 Å². The molecule has 4 nitrogen and oxygen atoms in total. The lowest BCUT2D eigenvalue weighted by Gasteiger charge is -2.04. The molecule has 2 rings (SSSR count). The van der Waals surface area contributed by atoms with Gasteiger partial charge in [-0.3, -0.25) is 9.59 Å². The summed E-state index contributed by atoms with van der Waals surface area (Å²) >= 11 is 5.81. The zero-order valence-corrected chi connectivity index (χ0v) is 9.78. The number of rotatable bonds is 4. The van der Waals surface area contributed by atoms with Crippen molar-refractivity contribution < 1.29 is 14.7 Å². The van der Waals surface area contributed by atoms with E-state index in [9.17, 15) is 9.59 Å². The molecule has 0 saturated heterocycles. The molecule has 5 heteroatoms. The van der Waals surface area contributed by atoms with Crippen LogP contribution in [0.1, 0.15) is 12.0 Å². The van der Waals surface area contributed by atoms with Crippen molar-refractivity contribution in [2.45, 2.75) is 13.0 Å². The Hall–Kier alpha value is -1.55. The highest BCUT2D eigenvalue weighted by Gasteiger charge is 2.48. The topological polar surface area (TPSA) is 66.4 Å². The van der Waals surface area contributed by atoms with Gasteiger partial charge in [0, 0.05) is 11.6 Å². The van der Waals surface area contributed by atoms with E-state index in [0.29, 0.717) is 18.0 Å². The quantitative estimate of drug-likeness (QED) is 0.858. The molecule has 1 aliphatic rings. The number of carboxylic acid groups (broad SMARTS) is 1. The molecule has 0 spiro atoms. The van der Waals surface area contributed by atoms with E-state index in [0.717, 1.165) is 5.56 Å². The Labute approximate surface area is 104 Å². The number of carbonyl (C=O) groups excluding carboxylic acids is 1. The first kappa shape index (κ1) is 11.9. The van der Waals surface area contributed by atoms with Gasteiger partial charge in [-0.05, 0) is 24.1 Å². The van der Waals surface area contributed by atoms with Crippen LogP contribution in [0.4, 0.5) is 0 Å². The van der Waals surface area contributed by atoms with Crippen molar-refractivity contribution in [3.8, 4) is 0 Å². The lowest BCUT2D eigenvalue weighted by Crippen LogP contribution is -2.25. The van der Waals surface area contributed by atoms with Crippen molar-refractivity contribution in [1.29, 1.82) is 0 Å². The van der Waals surface area contributed by atoms with Crippen LogP contribution in [0.15, 0.2) is 24.3 Å². The van der Waals surface area contributed by atoms with Gasteiger partial charge in [-0.15, -0.1) is 0 Å². The minimum atomic E-state index is -0.895. The van der Waals surface area contributed by atoms with Crippen molar-refractivity contribution in [3.63, 3.8) is 0 Å². The van der Waals surface area contributed by atoms with Crippen molar-refractivity contribution in [2.24, 2.45) is 11.8 Å². The smallest absolute Gasteiger partial charge is 0.307 e. The van der Waals surface area contributed by atoms with Gasteiger partial charge in [0.1, 0.15) is 0 Å². The van der Waals surface area contributed by atoms with Crippen LogP contribution in [0.25, 0.3) is 0 Å².